The third kappa shape index (κ3) is 5.22. The molecule has 3 rings (SSSR count). The number of amides is 2. The van der Waals surface area contributed by atoms with Crippen LogP contribution in [0.3, 0.4) is 0 Å². The molecule has 1 aromatic carbocycles. The first kappa shape index (κ1) is 19.2. The zero-order valence-corrected chi connectivity index (χ0v) is 16.2. The summed E-state index contributed by atoms with van der Waals surface area (Å²) in [6.07, 6.45) is 3.14. The van der Waals surface area contributed by atoms with E-state index in [4.69, 9.17) is 5.73 Å². The van der Waals surface area contributed by atoms with Gasteiger partial charge in [0.1, 0.15) is 5.82 Å². The summed E-state index contributed by atoms with van der Waals surface area (Å²) >= 11 is 1.31. The van der Waals surface area contributed by atoms with Gasteiger partial charge in [-0.2, -0.15) is 0 Å². The largest absolute Gasteiger partial charge is 0.372 e. The SMILES string of the molecule is Cn1c(CCC(N)=O)nnc1SCC(=O)Nc1ccc(N2CCCC2)cc1. The van der Waals surface area contributed by atoms with Crippen LogP contribution in [-0.2, 0) is 23.1 Å². The van der Waals surface area contributed by atoms with Crippen LogP contribution >= 0.6 is 11.8 Å². The van der Waals surface area contributed by atoms with Crippen LogP contribution in [0.2, 0.25) is 0 Å². The topological polar surface area (TPSA) is 106 Å². The standard InChI is InChI=1S/C18H24N6O2S/c1-23-16(9-8-15(19)25)21-22-18(23)27-12-17(26)20-13-4-6-14(7-5-13)24-10-2-3-11-24/h4-7H,2-3,8-12H2,1H3,(H2,19,25)(H,20,26). The zero-order valence-electron chi connectivity index (χ0n) is 15.4. The summed E-state index contributed by atoms with van der Waals surface area (Å²) in [5.74, 6) is 0.433. The third-order valence-electron chi connectivity index (χ3n) is 4.47. The number of anilines is 2. The van der Waals surface area contributed by atoms with Crippen molar-refractivity contribution in [2.24, 2.45) is 12.8 Å². The molecule has 1 fully saturated rings. The van der Waals surface area contributed by atoms with Crippen molar-refractivity contribution in [3.8, 4) is 0 Å². The van der Waals surface area contributed by atoms with Crippen molar-refractivity contribution in [2.75, 3.05) is 29.1 Å². The average Bonchev–Trinajstić information content (AvgIpc) is 3.29. The van der Waals surface area contributed by atoms with E-state index in [0.29, 0.717) is 17.4 Å². The number of carbonyl (C=O) groups excluding carboxylic acids is 2. The molecule has 1 aliphatic heterocycles. The molecule has 0 aliphatic carbocycles. The van der Waals surface area contributed by atoms with Gasteiger partial charge in [0.25, 0.3) is 0 Å². The Hall–Kier alpha value is -2.55. The lowest BCUT2D eigenvalue weighted by Gasteiger charge is -2.17. The van der Waals surface area contributed by atoms with Gasteiger partial charge in [-0.15, -0.1) is 10.2 Å². The average molecular weight is 388 g/mol. The first-order valence-corrected chi connectivity index (χ1v) is 9.96. The summed E-state index contributed by atoms with van der Waals surface area (Å²) in [7, 11) is 1.81. The van der Waals surface area contributed by atoms with Gasteiger partial charge in [-0.05, 0) is 37.1 Å². The lowest BCUT2D eigenvalue weighted by atomic mass is 10.2. The van der Waals surface area contributed by atoms with E-state index in [1.54, 1.807) is 4.57 Å². The van der Waals surface area contributed by atoms with Crippen molar-refractivity contribution < 1.29 is 9.59 Å². The van der Waals surface area contributed by atoms with Crippen LogP contribution in [0.5, 0.6) is 0 Å². The molecular weight excluding hydrogens is 364 g/mol. The zero-order chi connectivity index (χ0) is 19.2. The molecule has 8 nitrogen and oxygen atoms in total. The maximum absolute atomic E-state index is 12.2. The second-order valence-electron chi connectivity index (χ2n) is 6.50. The predicted molar refractivity (Wildman–Crippen MR) is 106 cm³/mol. The second kappa shape index (κ2) is 8.90. The van der Waals surface area contributed by atoms with Gasteiger partial charge in [0, 0.05) is 44.4 Å². The van der Waals surface area contributed by atoms with Crippen LogP contribution < -0.4 is 16.0 Å². The van der Waals surface area contributed by atoms with Crippen LogP contribution in [0.25, 0.3) is 0 Å². The Bertz CT molecular complexity index is 799. The normalized spacial score (nSPS) is 13.7. The summed E-state index contributed by atoms with van der Waals surface area (Å²) in [6.45, 7) is 2.20. The highest BCUT2D eigenvalue weighted by Crippen LogP contribution is 2.22. The monoisotopic (exact) mass is 388 g/mol. The van der Waals surface area contributed by atoms with E-state index in [0.717, 1.165) is 18.8 Å². The van der Waals surface area contributed by atoms with Gasteiger partial charge in [-0.3, -0.25) is 9.59 Å². The second-order valence-corrected chi connectivity index (χ2v) is 7.44. The number of nitrogens with one attached hydrogen (secondary N) is 1. The van der Waals surface area contributed by atoms with Crippen molar-refractivity contribution in [2.45, 2.75) is 30.8 Å². The van der Waals surface area contributed by atoms with E-state index >= 15 is 0 Å². The van der Waals surface area contributed by atoms with Crippen molar-refractivity contribution in [1.29, 1.82) is 0 Å². The Morgan fingerprint density at radius 2 is 1.89 bits per heavy atom. The molecule has 2 amide bonds. The molecule has 9 heteroatoms. The van der Waals surface area contributed by atoms with Gasteiger partial charge >= 0.3 is 0 Å². The number of nitrogens with two attached hydrogens (primary N) is 1. The van der Waals surface area contributed by atoms with Gasteiger partial charge in [-0.25, -0.2) is 0 Å². The molecule has 3 N–H and O–H groups in total. The Morgan fingerprint density at radius 3 is 2.56 bits per heavy atom. The fraction of sp³-hybridized carbons (Fsp3) is 0.444. The molecular formula is C18H24N6O2S. The molecule has 2 aromatic rings. The molecule has 144 valence electrons. The van der Waals surface area contributed by atoms with E-state index in [1.807, 2.05) is 31.3 Å². The summed E-state index contributed by atoms with van der Waals surface area (Å²) in [6, 6.07) is 7.95. The van der Waals surface area contributed by atoms with Crippen molar-refractivity contribution in [1.82, 2.24) is 14.8 Å². The minimum atomic E-state index is -0.373. The molecule has 0 saturated carbocycles. The maximum Gasteiger partial charge on any atom is 0.234 e. The van der Waals surface area contributed by atoms with E-state index in [9.17, 15) is 9.59 Å². The number of aryl methyl sites for hydroxylation is 1. The molecule has 0 radical (unpaired) electrons. The van der Waals surface area contributed by atoms with E-state index < -0.39 is 0 Å². The Kier molecular flexibility index (Phi) is 6.33. The highest BCUT2D eigenvalue weighted by molar-refractivity contribution is 7.99. The van der Waals surface area contributed by atoms with Gasteiger partial charge < -0.3 is 20.5 Å². The first-order chi connectivity index (χ1) is 13.0. The quantitative estimate of drug-likeness (QED) is 0.665. The molecule has 1 aromatic heterocycles. The van der Waals surface area contributed by atoms with Gasteiger partial charge in [-0.1, -0.05) is 11.8 Å². The number of hydrogen-bond donors (Lipinski definition) is 2. The van der Waals surface area contributed by atoms with E-state index in [1.165, 1.54) is 30.3 Å². The molecule has 0 atom stereocenters. The summed E-state index contributed by atoms with van der Waals surface area (Å²) in [4.78, 5) is 25.4. The van der Waals surface area contributed by atoms with Crippen LogP contribution in [-0.4, -0.2) is 45.4 Å². The number of rotatable bonds is 8. The van der Waals surface area contributed by atoms with Crippen molar-refractivity contribution >= 4 is 35.0 Å². The highest BCUT2D eigenvalue weighted by atomic mass is 32.2. The fourth-order valence-corrected chi connectivity index (χ4v) is 3.71. The van der Waals surface area contributed by atoms with Gasteiger partial charge in [0.15, 0.2) is 5.16 Å². The summed E-state index contributed by atoms with van der Waals surface area (Å²) in [5, 5.41) is 11.6. The summed E-state index contributed by atoms with van der Waals surface area (Å²) in [5.41, 5.74) is 7.13. The molecule has 0 unspecified atom stereocenters. The number of aromatic nitrogens is 3. The molecule has 27 heavy (non-hydrogen) atoms. The van der Waals surface area contributed by atoms with Crippen LogP contribution in [0.15, 0.2) is 29.4 Å². The Balaban J connectivity index is 1.49. The minimum Gasteiger partial charge on any atom is -0.372 e. The Morgan fingerprint density at radius 1 is 1.19 bits per heavy atom. The number of benzene rings is 1. The van der Waals surface area contributed by atoms with E-state index in [-0.39, 0.29) is 24.0 Å². The molecule has 0 spiro atoms. The van der Waals surface area contributed by atoms with Gasteiger partial charge in [0.2, 0.25) is 11.8 Å². The molecule has 2 heterocycles. The number of carbonyl (C=O) groups is 2. The summed E-state index contributed by atoms with van der Waals surface area (Å²) < 4.78 is 1.78. The van der Waals surface area contributed by atoms with Crippen LogP contribution in [0.4, 0.5) is 11.4 Å². The minimum absolute atomic E-state index is 0.101. The number of hydrogen-bond acceptors (Lipinski definition) is 6. The third-order valence-corrected chi connectivity index (χ3v) is 5.49. The lowest BCUT2D eigenvalue weighted by Crippen LogP contribution is -2.18. The molecule has 0 bridgehead atoms. The maximum atomic E-state index is 12.2. The smallest absolute Gasteiger partial charge is 0.234 e. The number of thioether (sulfide) groups is 1. The van der Waals surface area contributed by atoms with Gasteiger partial charge in [0.05, 0.1) is 5.75 Å². The molecule has 1 aliphatic rings. The van der Waals surface area contributed by atoms with Crippen LogP contribution in [0.1, 0.15) is 25.1 Å². The molecule has 1 saturated heterocycles. The lowest BCUT2D eigenvalue weighted by molar-refractivity contribution is -0.118. The van der Waals surface area contributed by atoms with Crippen molar-refractivity contribution in [3.05, 3.63) is 30.1 Å². The predicted octanol–water partition coefficient (Wildman–Crippen LogP) is 1.56. The number of nitrogens with zero attached hydrogens (tertiary/aromatic N) is 4. The first-order valence-electron chi connectivity index (χ1n) is 8.97. The van der Waals surface area contributed by atoms with Crippen molar-refractivity contribution in [3.63, 3.8) is 0 Å². The highest BCUT2D eigenvalue weighted by Gasteiger charge is 2.14. The van der Waals surface area contributed by atoms with E-state index in [2.05, 4.69) is 20.4 Å². The number of primary amides is 1. The Labute approximate surface area is 162 Å². The van der Waals surface area contributed by atoms with Crippen LogP contribution in [0, 0.1) is 0 Å². The fourth-order valence-electron chi connectivity index (χ4n) is 2.98.